The summed E-state index contributed by atoms with van der Waals surface area (Å²) >= 11 is 0. The molecule has 1 aliphatic heterocycles. The van der Waals surface area contributed by atoms with Crippen molar-refractivity contribution < 1.29 is 8.42 Å². The maximum absolute atomic E-state index is 11.5. The summed E-state index contributed by atoms with van der Waals surface area (Å²) < 4.78 is 23.0. The minimum absolute atomic E-state index is 0.0243. The van der Waals surface area contributed by atoms with E-state index in [9.17, 15) is 8.42 Å². The summed E-state index contributed by atoms with van der Waals surface area (Å²) in [5, 5.41) is 0. The second-order valence-electron chi connectivity index (χ2n) is 5.43. The highest BCUT2D eigenvalue weighted by Gasteiger charge is 2.31. The van der Waals surface area contributed by atoms with E-state index in [0.717, 1.165) is 18.4 Å². The molecule has 0 radical (unpaired) electrons. The fraction of sp³-hybridized carbons (Fsp3) is 0.692. The molecule has 112 valence electrons. The topological polar surface area (TPSA) is 89.2 Å². The zero-order valence-electron chi connectivity index (χ0n) is 12.0. The van der Waals surface area contributed by atoms with Crippen LogP contribution in [0, 0.1) is 0 Å². The Morgan fingerprint density at radius 3 is 2.60 bits per heavy atom. The Hall–Kier alpha value is -1.21. The van der Waals surface area contributed by atoms with Crippen LogP contribution in [0.4, 0.5) is 5.95 Å². The van der Waals surface area contributed by atoms with Crippen LogP contribution >= 0.6 is 0 Å². The first kappa shape index (κ1) is 15.2. The normalized spacial score (nSPS) is 22.6. The first-order valence-corrected chi connectivity index (χ1v) is 8.73. The maximum atomic E-state index is 11.5. The van der Waals surface area contributed by atoms with Crippen LogP contribution in [-0.4, -0.2) is 49.0 Å². The number of hydrogen-bond donors (Lipinski definition) is 1. The molecule has 0 aromatic carbocycles. The second-order valence-corrected chi connectivity index (χ2v) is 7.66. The molecule has 6 nitrogen and oxygen atoms in total. The molecular formula is C13H22N4O2S. The molecule has 0 aliphatic carbocycles. The number of rotatable bonds is 5. The van der Waals surface area contributed by atoms with Crippen LogP contribution < -0.4 is 10.6 Å². The zero-order chi connectivity index (χ0) is 14.8. The average molecular weight is 298 g/mol. The van der Waals surface area contributed by atoms with Crippen LogP contribution in [0.25, 0.3) is 0 Å². The molecule has 0 bridgehead atoms. The van der Waals surface area contributed by atoms with Crippen LogP contribution in [-0.2, 0) is 16.3 Å². The molecule has 1 aromatic heterocycles. The van der Waals surface area contributed by atoms with Crippen molar-refractivity contribution in [1.29, 1.82) is 0 Å². The number of aromatic nitrogens is 2. The van der Waals surface area contributed by atoms with Crippen molar-refractivity contribution in [2.45, 2.75) is 38.3 Å². The number of nitrogens with two attached hydrogens (primary N) is 1. The Kier molecular flexibility index (Phi) is 4.59. The summed E-state index contributed by atoms with van der Waals surface area (Å²) in [6, 6.07) is 0.103. The summed E-state index contributed by atoms with van der Waals surface area (Å²) in [7, 11) is -1.04. The van der Waals surface area contributed by atoms with Gasteiger partial charge >= 0.3 is 0 Å². The Labute approximate surface area is 120 Å². The van der Waals surface area contributed by atoms with Gasteiger partial charge in [-0.1, -0.05) is 6.92 Å². The lowest BCUT2D eigenvalue weighted by atomic mass is 10.1. The van der Waals surface area contributed by atoms with E-state index in [1.54, 1.807) is 12.4 Å². The maximum Gasteiger partial charge on any atom is 0.225 e. The van der Waals surface area contributed by atoms with Crippen LogP contribution in [0.3, 0.4) is 0 Å². The van der Waals surface area contributed by atoms with Gasteiger partial charge in [0.2, 0.25) is 5.95 Å². The monoisotopic (exact) mass is 298 g/mol. The molecule has 2 rings (SSSR count). The molecule has 0 amide bonds. The van der Waals surface area contributed by atoms with E-state index in [0.29, 0.717) is 12.4 Å². The predicted molar refractivity (Wildman–Crippen MR) is 79.5 cm³/mol. The van der Waals surface area contributed by atoms with E-state index < -0.39 is 9.84 Å². The van der Waals surface area contributed by atoms with Crippen molar-refractivity contribution in [2.75, 3.05) is 23.5 Å². The van der Waals surface area contributed by atoms with Gasteiger partial charge in [-0.2, -0.15) is 0 Å². The summed E-state index contributed by atoms with van der Waals surface area (Å²) in [4.78, 5) is 10.5. The Morgan fingerprint density at radius 1 is 1.45 bits per heavy atom. The predicted octanol–water partition coefficient (Wildman–Crippen LogP) is 0.380. The van der Waals surface area contributed by atoms with E-state index in [1.807, 2.05) is 18.9 Å². The van der Waals surface area contributed by atoms with E-state index >= 15 is 0 Å². The number of hydrogen-bond acceptors (Lipinski definition) is 6. The Bertz CT molecular complexity index is 544. The van der Waals surface area contributed by atoms with Gasteiger partial charge < -0.3 is 10.6 Å². The molecule has 1 fully saturated rings. The molecule has 7 heteroatoms. The lowest BCUT2D eigenvalue weighted by molar-refractivity contribution is 0.600. The largest absolute Gasteiger partial charge is 0.340 e. The van der Waals surface area contributed by atoms with Crippen molar-refractivity contribution >= 4 is 15.8 Å². The molecule has 1 saturated heterocycles. The Balaban J connectivity index is 2.02. The lowest BCUT2D eigenvalue weighted by Crippen LogP contribution is -2.33. The van der Waals surface area contributed by atoms with Gasteiger partial charge in [0.05, 0.1) is 11.5 Å². The molecule has 0 spiro atoms. The van der Waals surface area contributed by atoms with E-state index in [2.05, 4.69) is 9.97 Å². The first-order chi connectivity index (χ1) is 9.41. The van der Waals surface area contributed by atoms with Crippen LogP contribution in [0.1, 0.15) is 25.3 Å². The third-order valence-electron chi connectivity index (χ3n) is 3.79. The minimum atomic E-state index is -2.89. The lowest BCUT2D eigenvalue weighted by Gasteiger charge is -2.23. The highest BCUT2D eigenvalue weighted by molar-refractivity contribution is 7.91. The molecule has 2 unspecified atom stereocenters. The molecule has 0 saturated carbocycles. The standard InChI is InChI=1S/C13H22N4O2S/c1-3-11(14)6-10-7-15-13(16-8-10)17(2)12-4-5-20(18,19)9-12/h7-8,11-12H,3-6,9,14H2,1-2H3. The molecule has 2 N–H and O–H groups in total. The molecule has 2 atom stereocenters. The Morgan fingerprint density at radius 2 is 2.10 bits per heavy atom. The average Bonchev–Trinajstić information content (AvgIpc) is 2.79. The molecule has 1 aliphatic rings. The third kappa shape index (κ3) is 3.67. The highest BCUT2D eigenvalue weighted by atomic mass is 32.2. The number of anilines is 1. The summed E-state index contributed by atoms with van der Waals surface area (Å²) in [6.45, 7) is 2.05. The zero-order valence-corrected chi connectivity index (χ0v) is 12.8. The molecular weight excluding hydrogens is 276 g/mol. The summed E-state index contributed by atoms with van der Waals surface area (Å²) in [5.41, 5.74) is 6.91. The van der Waals surface area contributed by atoms with Crippen molar-refractivity contribution in [1.82, 2.24) is 9.97 Å². The summed E-state index contributed by atoms with van der Waals surface area (Å²) in [5.74, 6) is 1.02. The van der Waals surface area contributed by atoms with Gasteiger partial charge in [-0.05, 0) is 24.8 Å². The van der Waals surface area contributed by atoms with Crippen molar-refractivity contribution in [2.24, 2.45) is 5.73 Å². The third-order valence-corrected chi connectivity index (χ3v) is 5.54. The van der Waals surface area contributed by atoms with E-state index in [-0.39, 0.29) is 23.6 Å². The van der Waals surface area contributed by atoms with Gasteiger partial charge in [0.15, 0.2) is 9.84 Å². The van der Waals surface area contributed by atoms with Gasteiger partial charge in [0.1, 0.15) is 0 Å². The highest BCUT2D eigenvalue weighted by Crippen LogP contribution is 2.20. The van der Waals surface area contributed by atoms with Crippen LogP contribution in [0.15, 0.2) is 12.4 Å². The smallest absolute Gasteiger partial charge is 0.225 e. The SMILES string of the molecule is CCC(N)Cc1cnc(N(C)C2CCS(=O)(=O)C2)nc1. The van der Waals surface area contributed by atoms with Gasteiger partial charge in [-0.25, -0.2) is 18.4 Å². The quantitative estimate of drug-likeness (QED) is 0.845. The van der Waals surface area contributed by atoms with Crippen LogP contribution in [0.2, 0.25) is 0 Å². The minimum Gasteiger partial charge on any atom is -0.340 e. The van der Waals surface area contributed by atoms with Gasteiger partial charge in [0, 0.05) is 31.5 Å². The molecule has 20 heavy (non-hydrogen) atoms. The van der Waals surface area contributed by atoms with Gasteiger partial charge in [-0.15, -0.1) is 0 Å². The fourth-order valence-corrected chi connectivity index (χ4v) is 4.10. The number of nitrogens with zero attached hydrogens (tertiary/aromatic N) is 3. The summed E-state index contributed by atoms with van der Waals surface area (Å²) in [6.07, 6.45) is 5.88. The van der Waals surface area contributed by atoms with E-state index in [4.69, 9.17) is 5.73 Å². The van der Waals surface area contributed by atoms with Crippen molar-refractivity contribution in [3.8, 4) is 0 Å². The fourth-order valence-electron chi connectivity index (χ4n) is 2.33. The molecule has 1 aromatic rings. The van der Waals surface area contributed by atoms with Crippen LogP contribution in [0.5, 0.6) is 0 Å². The molecule has 2 heterocycles. The second kappa shape index (κ2) is 6.05. The van der Waals surface area contributed by atoms with Crippen molar-refractivity contribution in [3.63, 3.8) is 0 Å². The first-order valence-electron chi connectivity index (χ1n) is 6.91. The number of sulfone groups is 1. The van der Waals surface area contributed by atoms with Gasteiger partial charge in [0.25, 0.3) is 0 Å². The van der Waals surface area contributed by atoms with E-state index in [1.165, 1.54) is 0 Å². The van der Waals surface area contributed by atoms with Gasteiger partial charge in [-0.3, -0.25) is 0 Å². The van der Waals surface area contributed by atoms with Crippen molar-refractivity contribution in [3.05, 3.63) is 18.0 Å².